The number of hydrogen-bond donors (Lipinski definition) is 3. The van der Waals surface area contributed by atoms with Crippen LogP contribution < -0.4 is 4.72 Å². The van der Waals surface area contributed by atoms with Gasteiger partial charge in [0.2, 0.25) is 0 Å². The van der Waals surface area contributed by atoms with Gasteiger partial charge in [-0.3, -0.25) is 4.72 Å². The van der Waals surface area contributed by atoms with Crippen molar-refractivity contribution in [3.8, 4) is 5.75 Å². The van der Waals surface area contributed by atoms with E-state index in [-0.39, 0.29) is 21.9 Å². The second-order valence-corrected chi connectivity index (χ2v) is 6.64. The zero-order valence-electron chi connectivity index (χ0n) is 10.4. The first-order valence-electron chi connectivity index (χ1n) is 5.64. The van der Waals surface area contributed by atoms with Gasteiger partial charge < -0.3 is 10.2 Å². The Hall–Kier alpha value is -2.06. The quantitative estimate of drug-likeness (QED) is 0.716. The van der Waals surface area contributed by atoms with E-state index < -0.39 is 16.0 Å². The Labute approximate surface area is 129 Å². The highest BCUT2D eigenvalue weighted by atomic mass is 79.9. The molecule has 0 spiro atoms. The number of aromatic carboxylic acids is 1. The zero-order chi connectivity index (χ0) is 15.6. The SMILES string of the molecule is O=C(O)c1ccc(S(=O)(=O)Nc2ccc(O)c(Br)c2)cc1. The van der Waals surface area contributed by atoms with E-state index >= 15 is 0 Å². The summed E-state index contributed by atoms with van der Waals surface area (Å²) in [6.07, 6.45) is 0. The highest BCUT2D eigenvalue weighted by Crippen LogP contribution is 2.27. The Morgan fingerprint density at radius 3 is 2.24 bits per heavy atom. The van der Waals surface area contributed by atoms with Gasteiger partial charge >= 0.3 is 5.97 Å². The molecule has 0 aliphatic heterocycles. The minimum absolute atomic E-state index is 0.00123. The molecule has 6 nitrogen and oxygen atoms in total. The Bertz CT molecular complexity index is 787. The molecule has 110 valence electrons. The van der Waals surface area contributed by atoms with Gasteiger partial charge in [-0.2, -0.15) is 0 Å². The monoisotopic (exact) mass is 371 g/mol. The molecule has 0 aliphatic carbocycles. The number of sulfonamides is 1. The summed E-state index contributed by atoms with van der Waals surface area (Å²) >= 11 is 3.09. The number of carbonyl (C=O) groups is 1. The predicted molar refractivity (Wildman–Crippen MR) is 80.0 cm³/mol. The Kier molecular flexibility index (Phi) is 4.19. The van der Waals surface area contributed by atoms with Crippen molar-refractivity contribution >= 4 is 37.6 Å². The van der Waals surface area contributed by atoms with Gasteiger partial charge in [0.1, 0.15) is 5.75 Å². The number of nitrogens with one attached hydrogen (secondary N) is 1. The van der Waals surface area contributed by atoms with Gasteiger partial charge in [0.15, 0.2) is 0 Å². The van der Waals surface area contributed by atoms with E-state index in [4.69, 9.17) is 5.11 Å². The molecule has 0 aromatic heterocycles. The zero-order valence-corrected chi connectivity index (χ0v) is 12.8. The number of phenols is 1. The molecule has 8 heteroatoms. The lowest BCUT2D eigenvalue weighted by Gasteiger charge is -2.09. The Morgan fingerprint density at radius 1 is 1.10 bits per heavy atom. The van der Waals surface area contributed by atoms with Crippen molar-refractivity contribution in [2.45, 2.75) is 4.90 Å². The van der Waals surface area contributed by atoms with Crippen LogP contribution in [0.15, 0.2) is 51.8 Å². The normalized spacial score (nSPS) is 11.1. The van der Waals surface area contributed by atoms with Crippen molar-refractivity contribution < 1.29 is 23.4 Å². The van der Waals surface area contributed by atoms with Gasteiger partial charge in [-0.05, 0) is 58.4 Å². The van der Waals surface area contributed by atoms with E-state index in [1.165, 1.54) is 42.5 Å². The van der Waals surface area contributed by atoms with Crippen LogP contribution in [0.3, 0.4) is 0 Å². The number of rotatable bonds is 4. The third-order valence-corrected chi connectivity index (χ3v) is 4.64. The summed E-state index contributed by atoms with van der Waals surface area (Å²) in [5.41, 5.74) is 0.267. The molecule has 0 fully saturated rings. The standard InChI is InChI=1S/C13H10BrNO5S/c14-11-7-9(3-6-12(11)16)15-21(19,20)10-4-1-8(2-5-10)13(17)18/h1-7,15-16H,(H,17,18). The molecule has 0 amide bonds. The molecule has 0 unspecified atom stereocenters. The summed E-state index contributed by atoms with van der Waals surface area (Å²) in [4.78, 5) is 10.7. The lowest BCUT2D eigenvalue weighted by molar-refractivity contribution is 0.0696. The molecular weight excluding hydrogens is 362 g/mol. The van der Waals surface area contributed by atoms with Crippen LogP contribution in [-0.2, 0) is 10.0 Å². The van der Waals surface area contributed by atoms with Crippen LogP contribution in [0.4, 0.5) is 5.69 Å². The average Bonchev–Trinajstić information content (AvgIpc) is 2.43. The second kappa shape index (κ2) is 5.74. The van der Waals surface area contributed by atoms with Crippen LogP contribution in [0, 0.1) is 0 Å². The van der Waals surface area contributed by atoms with E-state index in [1.54, 1.807) is 0 Å². The highest BCUT2D eigenvalue weighted by molar-refractivity contribution is 9.10. The summed E-state index contributed by atoms with van der Waals surface area (Å²) in [5, 5.41) is 18.1. The fraction of sp³-hybridized carbons (Fsp3) is 0. The van der Waals surface area contributed by atoms with Crippen molar-refractivity contribution in [1.82, 2.24) is 0 Å². The molecule has 0 saturated heterocycles. The van der Waals surface area contributed by atoms with Crippen LogP contribution in [0.25, 0.3) is 0 Å². The molecule has 0 radical (unpaired) electrons. The van der Waals surface area contributed by atoms with Crippen molar-refractivity contribution in [2.75, 3.05) is 4.72 Å². The number of halogens is 1. The minimum Gasteiger partial charge on any atom is -0.507 e. The van der Waals surface area contributed by atoms with E-state index in [1.807, 2.05) is 0 Å². The maximum absolute atomic E-state index is 12.1. The van der Waals surface area contributed by atoms with Crippen LogP contribution >= 0.6 is 15.9 Å². The molecule has 0 saturated carbocycles. The predicted octanol–water partition coefficient (Wildman–Crippen LogP) is 2.65. The van der Waals surface area contributed by atoms with Gasteiger partial charge in [0.25, 0.3) is 10.0 Å². The number of aromatic hydroxyl groups is 1. The van der Waals surface area contributed by atoms with Gasteiger partial charge in [0.05, 0.1) is 20.6 Å². The molecule has 2 aromatic rings. The lowest BCUT2D eigenvalue weighted by atomic mass is 10.2. The highest BCUT2D eigenvalue weighted by Gasteiger charge is 2.15. The molecule has 2 aromatic carbocycles. The van der Waals surface area contributed by atoms with E-state index in [0.717, 1.165) is 0 Å². The lowest BCUT2D eigenvalue weighted by Crippen LogP contribution is -2.13. The summed E-state index contributed by atoms with van der Waals surface area (Å²) in [6.45, 7) is 0. The third-order valence-electron chi connectivity index (χ3n) is 2.61. The number of hydrogen-bond acceptors (Lipinski definition) is 4. The van der Waals surface area contributed by atoms with E-state index in [9.17, 15) is 18.3 Å². The van der Waals surface area contributed by atoms with Crippen LogP contribution in [0.5, 0.6) is 5.75 Å². The van der Waals surface area contributed by atoms with Crippen LogP contribution in [-0.4, -0.2) is 24.6 Å². The van der Waals surface area contributed by atoms with Crippen LogP contribution in [0.2, 0.25) is 0 Å². The first kappa shape index (κ1) is 15.3. The molecule has 21 heavy (non-hydrogen) atoms. The first-order chi connectivity index (χ1) is 9.79. The van der Waals surface area contributed by atoms with Gasteiger partial charge in [-0.1, -0.05) is 0 Å². The summed E-state index contributed by atoms with van der Waals surface area (Å²) < 4.78 is 27.0. The molecule has 0 atom stereocenters. The maximum atomic E-state index is 12.1. The summed E-state index contributed by atoms with van der Waals surface area (Å²) in [5.74, 6) is -1.14. The van der Waals surface area contributed by atoms with E-state index in [2.05, 4.69) is 20.7 Å². The van der Waals surface area contributed by atoms with E-state index in [0.29, 0.717) is 4.47 Å². The largest absolute Gasteiger partial charge is 0.507 e. The van der Waals surface area contributed by atoms with Gasteiger partial charge in [-0.15, -0.1) is 0 Å². The number of carboxylic acids is 1. The average molecular weight is 372 g/mol. The van der Waals surface area contributed by atoms with Crippen molar-refractivity contribution in [1.29, 1.82) is 0 Å². The van der Waals surface area contributed by atoms with Gasteiger partial charge in [-0.25, -0.2) is 13.2 Å². The summed E-state index contributed by atoms with van der Waals surface area (Å²) in [7, 11) is -3.83. The Balaban J connectivity index is 2.29. The molecule has 2 rings (SSSR count). The number of carboxylic acid groups (broad SMARTS) is 1. The molecule has 0 heterocycles. The minimum atomic E-state index is -3.83. The number of phenolic OH excluding ortho intramolecular Hbond substituents is 1. The molecule has 3 N–H and O–H groups in total. The topological polar surface area (TPSA) is 104 Å². The fourth-order valence-corrected chi connectivity index (χ4v) is 2.99. The molecular formula is C13H10BrNO5S. The first-order valence-corrected chi connectivity index (χ1v) is 7.92. The van der Waals surface area contributed by atoms with Gasteiger partial charge in [0, 0.05) is 0 Å². The van der Waals surface area contributed by atoms with Crippen molar-refractivity contribution in [2.24, 2.45) is 0 Å². The maximum Gasteiger partial charge on any atom is 0.335 e. The smallest absolute Gasteiger partial charge is 0.335 e. The molecule has 0 bridgehead atoms. The summed E-state index contributed by atoms with van der Waals surface area (Å²) in [6, 6.07) is 9.01. The van der Waals surface area contributed by atoms with Crippen LogP contribution in [0.1, 0.15) is 10.4 Å². The molecule has 0 aliphatic rings. The Morgan fingerprint density at radius 2 is 1.71 bits per heavy atom. The van der Waals surface area contributed by atoms with Crippen molar-refractivity contribution in [3.63, 3.8) is 0 Å². The number of benzene rings is 2. The third kappa shape index (κ3) is 3.53. The number of anilines is 1. The second-order valence-electron chi connectivity index (χ2n) is 4.10. The fourth-order valence-electron chi connectivity index (χ4n) is 1.56. The van der Waals surface area contributed by atoms with Crippen molar-refractivity contribution in [3.05, 3.63) is 52.5 Å².